The molecule has 1 aromatic heterocycles. The molecule has 3 rings (SSSR count). The van der Waals surface area contributed by atoms with Gasteiger partial charge in [0.25, 0.3) is 0 Å². The van der Waals surface area contributed by atoms with E-state index in [9.17, 15) is 9.18 Å². The number of nitrogens with one attached hydrogen (secondary N) is 2. The van der Waals surface area contributed by atoms with Crippen LogP contribution in [0, 0.1) is 11.7 Å². The number of rotatable bonds is 3. The molecule has 1 amide bonds. The molecule has 1 aromatic carbocycles. The predicted molar refractivity (Wildman–Crippen MR) is 112 cm³/mol. The van der Waals surface area contributed by atoms with E-state index in [0.717, 1.165) is 25.7 Å². The minimum atomic E-state index is -0.583. The minimum Gasteiger partial charge on any atom is -0.444 e. The summed E-state index contributed by atoms with van der Waals surface area (Å²) in [7, 11) is 0. The Hall–Kier alpha value is -1.63. The lowest BCUT2D eigenvalue weighted by molar-refractivity contribution is 0.0475. The molecule has 2 aromatic rings. The van der Waals surface area contributed by atoms with Crippen molar-refractivity contribution in [2.24, 2.45) is 5.92 Å². The molecular weight excluding hydrogens is 425 g/mol. The molecular formula is C21H29BrFN3O2. The van der Waals surface area contributed by atoms with Crippen LogP contribution in [0.3, 0.4) is 0 Å². The van der Waals surface area contributed by atoms with E-state index in [1.54, 1.807) is 12.1 Å². The summed E-state index contributed by atoms with van der Waals surface area (Å²) in [6, 6.07) is 3.12. The molecule has 1 unspecified atom stereocenters. The van der Waals surface area contributed by atoms with Crippen LogP contribution in [0.25, 0.3) is 11.0 Å². The molecule has 28 heavy (non-hydrogen) atoms. The third-order valence-electron chi connectivity index (χ3n) is 5.15. The molecule has 0 radical (unpaired) electrons. The van der Waals surface area contributed by atoms with E-state index in [0.29, 0.717) is 15.8 Å². The standard InChI is InChI=1S/C21H29BrFN3O2/c1-21(2,3)28-20(27)26-17(13-9-7-5-4-6-8-10-13)19-24-15-12-11-14(22)16(23)18(15)25-19/h11-13,17H,4-10H2,1-3H3,(H,24,25)(H,26,27). The summed E-state index contributed by atoms with van der Waals surface area (Å²) in [5.41, 5.74) is 0.323. The highest BCUT2D eigenvalue weighted by Gasteiger charge is 2.30. The molecule has 5 nitrogen and oxygen atoms in total. The number of hydrogen-bond donors (Lipinski definition) is 2. The Morgan fingerprint density at radius 2 is 1.89 bits per heavy atom. The second-order valence-corrected chi connectivity index (χ2v) is 9.46. The Labute approximate surface area is 174 Å². The van der Waals surface area contributed by atoms with Crippen LogP contribution in [0.2, 0.25) is 0 Å². The lowest BCUT2D eigenvalue weighted by Gasteiger charge is -2.29. The molecule has 1 aliphatic rings. The lowest BCUT2D eigenvalue weighted by atomic mass is 9.85. The summed E-state index contributed by atoms with van der Waals surface area (Å²) in [6.07, 6.45) is 7.46. The van der Waals surface area contributed by atoms with Crippen LogP contribution in [0.4, 0.5) is 9.18 Å². The van der Waals surface area contributed by atoms with E-state index >= 15 is 0 Å². The Morgan fingerprint density at radius 3 is 2.54 bits per heavy atom. The number of H-pyrrole nitrogens is 1. The molecule has 0 saturated heterocycles. The first-order valence-corrected chi connectivity index (χ1v) is 10.9. The largest absolute Gasteiger partial charge is 0.444 e. The maximum Gasteiger partial charge on any atom is 0.408 e. The third-order valence-corrected chi connectivity index (χ3v) is 5.76. The van der Waals surface area contributed by atoms with Crippen LogP contribution in [0.15, 0.2) is 16.6 Å². The number of nitrogens with zero attached hydrogens (tertiary/aromatic N) is 1. The maximum atomic E-state index is 14.5. The van der Waals surface area contributed by atoms with Crippen LogP contribution >= 0.6 is 15.9 Å². The van der Waals surface area contributed by atoms with E-state index in [1.807, 2.05) is 20.8 Å². The highest BCUT2D eigenvalue weighted by molar-refractivity contribution is 9.10. The second-order valence-electron chi connectivity index (χ2n) is 8.61. The fourth-order valence-electron chi connectivity index (χ4n) is 3.85. The van der Waals surface area contributed by atoms with Crippen molar-refractivity contribution in [3.8, 4) is 0 Å². The van der Waals surface area contributed by atoms with E-state index in [4.69, 9.17) is 4.74 Å². The van der Waals surface area contributed by atoms with Crippen molar-refractivity contribution >= 4 is 33.1 Å². The smallest absolute Gasteiger partial charge is 0.408 e. The van der Waals surface area contributed by atoms with Gasteiger partial charge in [-0.15, -0.1) is 0 Å². The molecule has 1 heterocycles. The number of fused-ring (bicyclic) bond motifs is 1. The van der Waals surface area contributed by atoms with Crippen molar-refractivity contribution in [1.82, 2.24) is 15.3 Å². The van der Waals surface area contributed by atoms with Gasteiger partial charge in [-0.2, -0.15) is 0 Å². The molecule has 154 valence electrons. The van der Waals surface area contributed by atoms with Gasteiger partial charge in [0.1, 0.15) is 16.9 Å². The number of halogens is 2. The summed E-state index contributed by atoms with van der Waals surface area (Å²) >= 11 is 3.21. The minimum absolute atomic E-state index is 0.236. The first kappa shape index (κ1) is 21.1. The van der Waals surface area contributed by atoms with Crippen LogP contribution in [0.5, 0.6) is 0 Å². The first-order valence-electron chi connectivity index (χ1n) is 10.1. The van der Waals surface area contributed by atoms with Crippen molar-refractivity contribution in [2.75, 3.05) is 0 Å². The highest BCUT2D eigenvalue weighted by Crippen LogP contribution is 2.34. The zero-order valence-corrected chi connectivity index (χ0v) is 18.4. The monoisotopic (exact) mass is 453 g/mol. The van der Waals surface area contributed by atoms with E-state index in [1.165, 1.54) is 19.3 Å². The van der Waals surface area contributed by atoms with Crippen molar-refractivity contribution in [2.45, 2.75) is 77.4 Å². The van der Waals surface area contributed by atoms with Crippen LogP contribution < -0.4 is 5.32 Å². The zero-order chi connectivity index (χ0) is 20.3. The van der Waals surface area contributed by atoms with Crippen molar-refractivity contribution in [1.29, 1.82) is 0 Å². The van der Waals surface area contributed by atoms with E-state index in [-0.39, 0.29) is 17.5 Å². The van der Waals surface area contributed by atoms with Gasteiger partial charge in [-0.3, -0.25) is 0 Å². The normalized spacial score (nSPS) is 17.8. The number of ether oxygens (including phenoxy) is 1. The number of hydrogen-bond acceptors (Lipinski definition) is 3. The molecule has 1 fully saturated rings. The first-order chi connectivity index (χ1) is 13.2. The summed E-state index contributed by atoms with van der Waals surface area (Å²) in [5, 5.41) is 3.01. The number of aromatic amines is 1. The number of carbonyl (C=O) groups is 1. The summed E-state index contributed by atoms with van der Waals surface area (Å²) in [5.74, 6) is 0.428. The van der Waals surface area contributed by atoms with Gasteiger partial charge in [0, 0.05) is 0 Å². The average molecular weight is 454 g/mol. The van der Waals surface area contributed by atoms with E-state index < -0.39 is 17.5 Å². The molecule has 0 bridgehead atoms. The van der Waals surface area contributed by atoms with Gasteiger partial charge in [0.15, 0.2) is 5.82 Å². The van der Waals surface area contributed by atoms with Crippen LogP contribution in [-0.4, -0.2) is 21.7 Å². The second kappa shape index (κ2) is 8.80. The molecule has 7 heteroatoms. The summed E-state index contributed by atoms with van der Waals surface area (Å²) in [4.78, 5) is 20.3. The van der Waals surface area contributed by atoms with Crippen molar-refractivity contribution < 1.29 is 13.9 Å². The third kappa shape index (κ3) is 5.25. The Kier molecular flexibility index (Phi) is 6.63. The number of carbonyl (C=O) groups excluding carboxylic acids is 1. The van der Waals surface area contributed by atoms with Crippen LogP contribution in [0.1, 0.15) is 77.6 Å². The van der Waals surface area contributed by atoms with Crippen LogP contribution in [-0.2, 0) is 4.74 Å². The fourth-order valence-corrected chi connectivity index (χ4v) is 4.17. The molecule has 2 N–H and O–H groups in total. The Balaban J connectivity index is 1.92. The van der Waals surface area contributed by atoms with Gasteiger partial charge in [-0.05, 0) is 67.6 Å². The highest BCUT2D eigenvalue weighted by atomic mass is 79.9. The molecule has 0 aliphatic heterocycles. The van der Waals surface area contributed by atoms with Gasteiger partial charge in [0.05, 0.1) is 16.0 Å². The maximum absolute atomic E-state index is 14.5. The van der Waals surface area contributed by atoms with Gasteiger partial charge < -0.3 is 15.0 Å². The summed E-state index contributed by atoms with van der Waals surface area (Å²) < 4.78 is 20.3. The van der Waals surface area contributed by atoms with Gasteiger partial charge in [-0.1, -0.05) is 32.1 Å². The summed E-state index contributed by atoms with van der Waals surface area (Å²) in [6.45, 7) is 5.52. The Bertz CT molecular complexity index is 823. The zero-order valence-electron chi connectivity index (χ0n) is 16.8. The number of aromatic nitrogens is 2. The van der Waals surface area contributed by atoms with Gasteiger partial charge in [0.2, 0.25) is 0 Å². The Morgan fingerprint density at radius 1 is 1.25 bits per heavy atom. The van der Waals surface area contributed by atoms with Crippen molar-refractivity contribution in [3.63, 3.8) is 0 Å². The lowest BCUT2D eigenvalue weighted by Crippen LogP contribution is -2.38. The van der Waals surface area contributed by atoms with Gasteiger partial charge >= 0.3 is 6.09 Å². The van der Waals surface area contributed by atoms with Gasteiger partial charge in [-0.25, -0.2) is 14.2 Å². The number of imidazole rings is 1. The number of alkyl carbamates (subject to hydrolysis) is 1. The predicted octanol–water partition coefficient (Wildman–Crippen LogP) is 6.39. The molecule has 0 spiro atoms. The number of amides is 1. The SMILES string of the molecule is CC(C)(C)OC(=O)NC(c1nc2c(F)c(Br)ccc2[nH]1)C1CCCCCCC1. The molecule has 1 aliphatic carbocycles. The molecule has 1 atom stereocenters. The fraction of sp³-hybridized carbons (Fsp3) is 0.619. The van der Waals surface area contributed by atoms with E-state index in [2.05, 4.69) is 31.2 Å². The molecule has 1 saturated carbocycles. The average Bonchev–Trinajstić information content (AvgIpc) is 2.99. The number of benzene rings is 1. The topological polar surface area (TPSA) is 67.0 Å². The van der Waals surface area contributed by atoms with Crippen molar-refractivity contribution in [3.05, 3.63) is 28.2 Å². The quantitative estimate of drug-likeness (QED) is 0.565.